The molecule has 0 spiro atoms. The van der Waals surface area contributed by atoms with Crippen molar-refractivity contribution < 1.29 is 9.53 Å². The highest BCUT2D eigenvalue weighted by molar-refractivity contribution is 5.76. The number of amides is 1. The molecule has 94 valence electrons. The normalized spacial score (nSPS) is 22.0. The molecule has 1 fully saturated rings. The van der Waals surface area contributed by atoms with Crippen LogP contribution in [-0.4, -0.2) is 31.7 Å². The van der Waals surface area contributed by atoms with E-state index in [1.54, 1.807) is 0 Å². The summed E-state index contributed by atoms with van der Waals surface area (Å²) in [7, 11) is 0. The molecule has 16 heavy (non-hydrogen) atoms. The van der Waals surface area contributed by atoms with Gasteiger partial charge in [-0.25, -0.2) is 0 Å². The van der Waals surface area contributed by atoms with Gasteiger partial charge < -0.3 is 15.8 Å². The number of ether oxygens (including phenoxy) is 1. The quantitative estimate of drug-likeness (QED) is 0.640. The maximum absolute atomic E-state index is 11.6. The van der Waals surface area contributed by atoms with Crippen LogP contribution in [0.4, 0.5) is 0 Å². The Morgan fingerprint density at radius 3 is 2.94 bits per heavy atom. The Morgan fingerprint density at radius 2 is 2.31 bits per heavy atom. The highest BCUT2D eigenvalue weighted by atomic mass is 16.5. The summed E-state index contributed by atoms with van der Waals surface area (Å²) in [5, 5.41) is 3.05. The first kappa shape index (κ1) is 13.5. The first-order valence-electron chi connectivity index (χ1n) is 6.31. The highest BCUT2D eigenvalue weighted by Gasteiger charge is 2.23. The Morgan fingerprint density at radius 1 is 1.50 bits per heavy atom. The summed E-state index contributed by atoms with van der Waals surface area (Å²) in [6.07, 6.45) is 4.69. The largest absolute Gasteiger partial charge is 0.381 e. The molecule has 0 aliphatic carbocycles. The van der Waals surface area contributed by atoms with Crippen molar-refractivity contribution >= 4 is 5.91 Å². The summed E-state index contributed by atoms with van der Waals surface area (Å²) in [4.78, 5) is 11.6. The zero-order valence-electron chi connectivity index (χ0n) is 10.2. The molecule has 4 nitrogen and oxygen atoms in total. The van der Waals surface area contributed by atoms with Gasteiger partial charge in [-0.3, -0.25) is 4.79 Å². The van der Waals surface area contributed by atoms with Gasteiger partial charge in [-0.05, 0) is 32.7 Å². The highest BCUT2D eigenvalue weighted by Crippen LogP contribution is 2.16. The van der Waals surface area contributed by atoms with Crippen LogP contribution in [0.15, 0.2) is 0 Å². The third-order valence-electron chi connectivity index (χ3n) is 3.17. The van der Waals surface area contributed by atoms with Gasteiger partial charge in [0.2, 0.25) is 5.91 Å². The summed E-state index contributed by atoms with van der Waals surface area (Å²) < 4.78 is 5.31. The Bertz CT molecular complexity index is 203. The molecule has 0 aromatic heterocycles. The molecule has 3 N–H and O–H groups in total. The molecular weight excluding hydrogens is 204 g/mol. The molecule has 2 atom stereocenters. The van der Waals surface area contributed by atoms with Crippen molar-refractivity contribution in [3.05, 3.63) is 0 Å². The molecule has 0 saturated carbocycles. The monoisotopic (exact) mass is 228 g/mol. The van der Waals surface area contributed by atoms with E-state index in [9.17, 15) is 4.79 Å². The summed E-state index contributed by atoms with van der Waals surface area (Å²) in [6, 6.07) is 0.240. The summed E-state index contributed by atoms with van der Waals surface area (Å²) >= 11 is 0. The van der Waals surface area contributed by atoms with Crippen LogP contribution in [0.5, 0.6) is 0 Å². The molecule has 1 rings (SSSR count). The van der Waals surface area contributed by atoms with Gasteiger partial charge >= 0.3 is 0 Å². The summed E-state index contributed by atoms with van der Waals surface area (Å²) in [6.45, 7) is 4.41. The van der Waals surface area contributed by atoms with Gasteiger partial charge in [0.15, 0.2) is 0 Å². The van der Waals surface area contributed by atoms with Crippen LogP contribution in [0.1, 0.15) is 39.0 Å². The topological polar surface area (TPSA) is 64.4 Å². The van der Waals surface area contributed by atoms with E-state index in [0.29, 0.717) is 12.3 Å². The number of carbonyl (C=O) groups excluding carboxylic acids is 1. The van der Waals surface area contributed by atoms with E-state index in [1.165, 1.54) is 0 Å². The average Bonchev–Trinajstić information content (AvgIpc) is 2.77. The lowest BCUT2D eigenvalue weighted by molar-refractivity contribution is -0.122. The van der Waals surface area contributed by atoms with Gasteiger partial charge in [0.25, 0.3) is 0 Å². The Kier molecular flexibility index (Phi) is 6.42. The number of hydrogen-bond donors (Lipinski definition) is 2. The van der Waals surface area contributed by atoms with Crippen LogP contribution in [-0.2, 0) is 9.53 Å². The van der Waals surface area contributed by atoms with E-state index < -0.39 is 0 Å². The average molecular weight is 228 g/mol. The number of unbranched alkanes of at least 4 members (excludes halogenated alkanes) is 2. The predicted octanol–water partition coefficient (Wildman–Crippen LogP) is 1.05. The SMILES string of the molecule is CC(NC(=O)CCCCCN)C1CCOC1. The van der Waals surface area contributed by atoms with Gasteiger partial charge in [0.05, 0.1) is 6.61 Å². The van der Waals surface area contributed by atoms with Gasteiger partial charge in [-0.15, -0.1) is 0 Å². The van der Waals surface area contributed by atoms with Crippen molar-refractivity contribution in [3.8, 4) is 0 Å². The molecule has 2 unspecified atom stereocenters. The van der Waals surface area contributed by atoms with E-state index in [-0.39, 0.29) is 11.9 Å². The van der Waals surface area contributed by atoms with Crippen LogP contribution >= 0.6 is 0 Å². The smallest absolute Gasteiger partial charge is 0.220 e. The van der Waals surface area contributed by atoms with Crippen molar-refractivity contribution in [1.82, 2.24) is 5.32 Å². The fraction of sp³-hybridized carbons (Fsp3) is 0.917. The molecule has 1 aliphatic rings. The lowest BCUT2D eigenvalue weighted by Gasteiger charge is -2.19. The third-order valence-corrected chi connectivity index (χ3v) is 3.17. The minimum absolute atomic E-state index is 0.163. The molecule has 0 aromatic rings. The van der Waals surface area contributed by atoms with Gasteiger partial charge in [-0.1, -0.05) is 6.42 Å². The molecule has 0 aromatic carbocycles. The van der Waals surface area contributed by atoms with Crippen LogP contribution in [0.3, 0.4) is 0 Å². The molecule has 1 heterocycles. The van der Waals surface area contributed by atoms with Crippen LogP contribution in [0.25, 0.3) is 0 Å². The van der Waals surface area contributed by atoms with Gasteiger partial charge in [0, 0.05) is 25.0 Å². The zero-order chi connectivity index (χ0) is 11.8. The molecule has 1 amide bonds. The van der Waals surface area contributed by atoms with Crippen LogP contribution < -0.4 is 11.1 Å². The first-order valence-corrected chi connectivity index (χ1v) is 6.31. The lowest BCUT2D eigenvalue weighted by atomic mass is 10.0. The maximum atomic E-state index is 11.6. The Labute approximate surface area is 97.9 Å². The Hall–Kier alpha value is -0.610. The fourth-order valence-corrected chi connectivity index (χ4v) is 2.00. The Balaban J connectivity index is 2.08. The number of nitrogens with two attached hydrogens (primary N) is 1. The minimum Gasteiger partial charge on any atom is -0.381 e. The van der Waals surface area contributed by atoms with E-state index in [2.05, 4.69) is 12.2 Å². The van der Waals surface area contributed by atoms with Crippen molar-refractivity contribution in [2.75, 3.05) is 19.8 Å². The summed E-state index contributed by atoms with van der Waals surface area (Å²) in [5.41, 5.74) is 5.39. The maximum Gasteiger partial charge on any atom is 0.220 e. The van der Waals surface area contributed by atoms with Crippen molar-refractivity contribution in [2.45, 2.75) is 45.1 Å². The first-order chi connectivity index (χ1) is 7.74. The molecule has 0 radical (unpaired) electrons. The van der Waals surface area contributed by atoms with E-state index >= 15 is 0 Å². The molecule has 4 heteroatoms. The van der Waals surface area contributed by atoms with E-state index in [1.807, 2.05) is 0 Å². The second-order valence-electron chi connectivity index (χ2n) is 4.58. The number of rotatable bonds is 7. The molecule has 1 aliphatic heterocycles. The second kappa shape index (κ2) is 7.63. The van der Waals surface area contributed by atoms with Crippen molar-refractivity contribution in [3.63, 3.8) is 0 Å². The minimum atomic E-state index is 0.163. The zero-order valence-corrected chi connectivity index (χ0v) is 10.2. The van der Waals surface area contributed by atoms with Crippen molar-refractivity contribution in [2.24, 2.45) is 11.7 Å². The fourth-order valence-electron chi connectivity index (χ4n) is 2.00. The molecular formula is C12H24N2O2. The predicted molar refractivity (Wildman–Crippen MR) is 64.1 cm³/mol. The number of carbonyl (C=O) groups is 1. The van der Waals surface area contributed by atoms with Crippen molar-refractivity contribution in [1.29, 1.82) is 0 Å². The standard InChI is InChI=1S/C12H24N2O2/c1-10(11-6-8-16-9-11)14-12(15)5-3-2-4-7-13/h10-11H,2-9,13H2,1H3,(H,14,15). The lowest BCUT2D eigenvalue weighted by Crippen LogP contribution is -2.38. The van der Waals surface area contributed by atoms with E-state index in [4.69, 9.17) is 10.5 Å². The second-order valence-corrected chi connectivity index (χ2v) is 4.58. The van der Waals surface area contributed by atoms with Gasteiger partial charge in [-0.2, -0.15) is 0 Å². The molecule has 1 saturated heterocycles. The number of hydrogen-bond acceptors (Lipinski definition) is 3. The van der Waals surface area contributed by atoms with E-state index in [0.717, 1.165) is 45.4 Å². The third kappa shape index (κ3) is 4.94. The number of nitrogens with one attached hydrogen (secondary N) is 1. The summed E-state index contributed by atoms with van der Waals surface area (Å²) in [5.74, 6) is 0.657. The van der Waals surface area contributed by atoms with Crippen LogP contribution in [0.2, 0.25) is 0 Å². The molecule has 0 bridgehead atoms. The van der Waals surface area contributed by atoms with Gasteiger partial charge in [0.1, 0.15) is 0 Å². The van der Waals surface area contributed by atoms with Crippen LogP contribution in [0, 0.1) is 5.92 Å².